The number of nitrogens with one attached hydrogen (secondary N) is 2. The van der Waals surface area contributed by atoms with Gasteiger partial charge in [-0.3, -0.25) is 9.59 Å². The van der Waals surface area contributed by atoms with Gasteiger partial charge in [0.25, 0.3) is 5.91 Å². The third-order valence-corrected chi connectivity index (χ3v) is 4.79. The number of likely N-dealkylation sites (N-methyl/N-ethyl adjacent to an activating group) is 1. The van der Waals surface area contributed by atoms with Gasteiger partial charge in [-0.2, -0.15) is 0 Å². The van der Waals surface area contributed by atoms with Crippen molar-refractivity contribution in [2.45, 2.75) is 6.92 Å². The van der Waals surface area contributed by atoms with E-state index in [1.165, 1.54) is 6.92 Å². The molecule has 0 bridgehead atoms. The average Bonchev–Trinajstić information content (AvgIpc) is 2.64. The first-order valence-corrected chi connectivity index (χ1v) is 9.23. The van der Waals surface area contributed by atoms with E-state index in [4.69, 9.17) is 11.6 Å². The third-order valence-electron chi connectivity index (χ3n) is 4.53. The predicted molar refractivity (Wildman–Crippen MR) is 110 cm³/mol. The number of rotatable bonds is 4. The van der Waals surface area contributed by atoms with Crippen molar-refractivity contribution in [3.05, 3.63) is 53.1 Å². The zero-order chi connectivity index (χ0) is 19.4. The van der Waals surface area contributed by atoms with E-state index in [-0.39, 0.29) is 11.8 Å². The van der Waals surface area contributed by atoms with Crippen LogP contribution in [0.2, 0.25) is 5.02 Å². The normalized spacial score (nSPS) is 14.7. The van der Waals surface area contributed by atoms with E-state index in [2.05, 4.69) is 27.5 Å². The van der Waals surface area contributed by atoms with E-state index in [1.54, 1.807) is 30.3 Å². The fourth-order valence-corrected chi connectivity index (χ4v) is 3.21. The molecule has 1 heterocycles. The zero-order valence-corrected chi connectivity index (χ0v) is 16.2. The summed E-state index contributed by atoms with van der Waals surface area (Å²) in [4.78, 5) is 29.1. The van der Waals surface area contributed by atoms with Crippen LogP contribution in [0.15, 0.2) is 42.5 Å². The van der Waals surface area contributed by atoms with Crippen LogP contribution >= 0.6 is 11.6 Å². The van der Waals surface area contributed by atoms with Crippen LogP contribution in [-0.4, -0.2) is 49.9 Å². The van der Waals surface area contributed by atoms with Crippen LogP contribution in [0.4, 0.5) is 17.1 Å². The number of nitrogens with zero attached hydrogens (tertiary/aromatic N) is 2. The highest BCUT2D eigenvalue weighted by molar-refractivity contribution is 6.30. The van der Waals surface area contributed by atoms with E-state index in [9.17, 15) is 9.59 Å². The molecule has 0 unspecified atom stereocenters. The molecule has 1 aliphatic rings. The monoisotopic (exact) mass is 386 g/mol. The Hall–Kier alpha value is -2.57. The quantitative estimate of drug-likeness (QED) is 0.846. The molecule has 7 heteroatoms. The summed E-state index contributed by atoms with van der Waals surface area (Å²) in [6, 6.07) is 12.4. The molecule has 1 fully saturated rings. The lowest BCUT2D eigenvalue weighted by molar-refractivity contribution is -0.114. The second kappa shape index (κ2) is 8.41. The van der Waals surface area contributed by atoms with Crippen molar-refractivity contribution in [1.29, 1.82) is 0 Å². The molecule has 0 atom stereocenters. The molecule has 0 radical (unpaired) electrons. The van der Waals surface area contributed by atoms with Crippen LogP contribution in [0, 0.1) is 0 Å². The first-order chi connectivity index (χ1) is 12.9. The van der Waals surface area contributed by atoms with Crippen molar-refractivity contribution in [2.75, 3.05) is 48.8 Å². The van der Waals surface area contributed by atoms with Gasteiger partial charge in [0, 0.05) is 43.8 Å². The van der Waals surface area contributed by atoms with Gasteiger partial charge in [-0.05, 0) is 43.4 Å². The number of hydrogen-bond donors (Lipinski definition) is 2. The van der Waals surface area contributed by atoms with E-state index in [0.29, 0.717) is 22.0 Å². The lowest BCUT2D eigenvalue weighted by Gasteiger charge is -2.35. The van der Waals surface area contributed by atoms with Gasteiger partial charge in [-0.15, -0.1) is 0 Å². The summed E-state index contributed by atoms with van der Waals surface area (Å²) in [5, 5.41) is 6.31. The van der Waals surface area contributed by atoms with Crippen LogP contribution in [0.1, 0.15) is 17.3 Å². The van der Waals surface area contributed by atoms with Gasteiger partial charge in [0.05, 0.1) is 16.9 Å². The number of carbonyl (C=O) groups excluding carboxylic acids is 2. The lowest BCUT2D eigenvalue weighted by atomic mass is 10.1. The first kappa shape index (κ1) is 19.2. The van der Waals surface area contributed by atoms with Gasteiger partial charge >= 0.3 is 0 Å². The smallest absolute Gasteiger partial charge is 0.257 e. The highest BCUT2D eigenvalue weighted by Gasteiger charge is 2.22. The Bertz CT molecular complexity index is 830. The summed E-state index contributed by atoms with van der Waals surface area (Å²) in [6.45, 7) is 4.99. The van der Waals surface area contributed by atoms with Crippen molar-refractivity contribution < 1.29 is 9.59 Å². The van der Waals surface area contributed by atoms with Crippen molar-refractivity contribution in [3.63, 3.8) is 0 Å². The predicted octanol–water partition coefficient (Wildman–Crippen LogP) is 3.30. The molecule has 3 rings (SSSR count). The van der Waals surface area contributed by atoms with Crippen LogP contribution in [0.25, 0.3) is 0 Å². The van der Waals surface area contributed by atoms with Gasteiger partial charge < -0.3 is 20.4 Å². The van der Waals surface area contributed by atoms with Crippen molar-refractivity contribution in [1.82, 2.24) is 4.90 Å². The fraction of sp³-hybridized carbons (Fsp3) is 0.300. The minimum Gasteiger partial charge on any atom is -0.367 e. The molecule has 2 aromatic rings. The number of para-hydroxylation sites is 1. The molecule has 1 saturated heterocycles. The minimum atomic E-state index is -0.281. The van der Waals surface area contributed by atoms with Gasteiger partial charge in [0.1, 0.15) is 0 Å². The van der Waals surface area contributed by atoms with Gasteiger partial charge in [-0.1, -0.05) is 17.7 Å². The largest absolute Gasteiger partial charge is 0.367 e. The molecular formula is C20H23ClN4O2. The molecule has 27 heavy (non-hydrogen) atoms. The number of piperazine rings is 1. The van der Waals surface area contributed by atoms with Crippen LogP contribution in [0.5, 0.6) is 0 Å². The highest BCUT2D eigenvalue weighted by atomic mass is 35.5. The van der Waals surface area contributed by atoms with Gasteiger partial charge in [-0.25, -0.2) is 0 Å². The van der Waals surface area contributed by atoms with E-state index in [0.717, 1.165) is 31.9 Å². The maximum Gasteiger partial charge on any atom is 0.257 e. The highest BCUT2D eigenvalue weighted by Crippen LogP contribution is 2.31. The number of carbonyl (C=O) groups is 2. The molecule has 142 valence electrons. The van der Waals surface area contributed by atoms with Crippen molar-refractivity contribution >= 4 is 40.5 Å². The SMILES string of the molecule is CC(=O)Nc1c(C(=O)Nc2ccc(Cl)cc2)cccc1N1CCN(C)CC1. The van der Waals surface area contributed by atoms with E-state index >= 15 is 0 Å². The lowest BCUT2D eigenvalue weighted by Crippen LogP contribution is -2.44. The van der Waals surface area contributed by atoms with Crippen LogP contribution in [-0.2, 0) is 4.79 Å². The summed E-state index contributed by atoms with van der Waals surface area (Å²) >= 11 is 5.90. The standard InChI is InChI=1S/C20H23ClN4O2/c1-14(26)22-19-17(20(27)23-16-8-6-15(21)7-9-16)4-3-5-18(19)25-12-10-24(2)11-13-25/h3-9H,10-13H2,1-2H3,(H,22,26)(H,23,27). The average molecular weight is 387 g/mol. The summed E-state index contributed by atoms with van der Waals surface area (Å²) in [7, 11) is 2.09. The Labute approximate surface area is 164 Å². The number of halogens is 1. The van der Waals surface area contributed by atoms with Gasteiger partial charge in [0.15, 0.2) is 0 Å². The van der Waals surface area contributed by atoms with Crippen LogP contribution < -0.4 is 15.5 Å². The second-order valence-corrected chi connectivity index (χ2v) is 7.07. The summed E-state index contributed by atoms with van der Waals surface area (Å²) in [5.74, 6) is -0.492. The number of benzene rings is 2. The number of anilines is 3. The van der Waals surface area contributed by atoms with E-state index in [1.807, 2.05) is 12.1 Å². The molecule has 2 aromatic carbocycles. The third kappa shape index (κ3) is 4.78. The minimum absolute atomic E-state index is 0.211. The molecule has 0 aliphatic carbocycles. The molecule has 0 spiro atoms. The first-order valence-electron chi connectivity index (χ1n) is 8.85. The summed E-state index contributed by atoms with van der Waals surface area (Å²) in [5.41, 5.74) is 2.47. The van der Waals surface area contributed by atoms with Crippen molar-refractivity contribution in [3.8, 4) is 0 Å². The Morgan fingerprint density at radius 1 is 0.963 bits per heavy atom. The second-order valence-electron chi connectivity index (χ2n) is 6.63. The molecule has 2 amide bonds. The fourth-order valence-electron chi connectivity index (χ4n) is 3.08. The van der Waals surface area contributed by atoms with E-state index < -0.39 is 0 Å². The molecular weight excluding hydrogens is 364 g/mol. The molecule has 6 nitrogen and oxygen atoms in total. The molecule has 1 aliphatic heterocycles. The molecule has 0 saturated carbocycles. The zero-order valence-electron chi connectivity index (χ0n) is 15.5. The van der Waals surface area contributed by atoms with Crippen LogP contribution in [0.3, 0.4) is 0 Å². The Morgan fingerprint density at radius 2 is 1.63 bits per heavy atom. The maximum absolute atomic E-state index is 12.9. The van der Waals surface area contributed by atoms with Crippen molar-refractivity contribution in [2.24, 2.45) is 0 Å². The summed E-state index contributed by atoms with van der Waals surface area (Å²) in [6.07, 6.45) is 0. The Kier molecular flexibility index (Phi) is 5.98. The Balaban J connectivity index is 1.91. The number of hydrogen-bond acceptors (Lipinski definition) is 4. The topological polar surface area (TPSA) is 64.7 Å². The molecule has 2 N–H and O–H groups in total. The number of amides is 2. The maximum atomic E-state index is 12.9. The van der Waals surface area contributed by atoms with Gasteiger partial charge in [0.2, 0.25) is 5.91 Å². The molecule has 0 aromatic heterocycles. The Morgan fingerprint density at radius 3 is 2.26 bits per heavy atom. The summed E-state index contributed by atoms with van der Waals surface area (Å²) < 4.78 is 0.